The maximum Gasteiger partial charge on any atom is 0.419 e. The van der Waals surface area contributed by atoms with Crippen molar-refractivity contribution in [3.63, 3.8) is 0 Å². The quantitative estimate of drug-likeness (QED) is 0.522. The van der Waals surface area contributed by atoms with Gasteiger partial charge in [-0.05, 0) is 25.3 Å². The molecule has 0 aliphatic carbocycles. The lowest BCUT2D eigenvalue weighted by Gasteiger charge is -2.23. The number of cyclic esters (lactones) is 2. The van der Waals surface area contributed by atoms with Crippen LogP contribution in [0.3, 0.4) is 0 Å². The van der Waals surface area contributed by atoms with Crippen molar-refractivity contribution < 1.29 is 27.1 Å². The van der Waals surface area contributed by atoms with Gasteiger partial charge in [0.2, 0.25) is 0 Å². The number of carbonyl (C=O) groups excluding carboxylic acids is 2. The van der Waals surface area contributed by atoms with Crippen molar-refractivity contribution in [2.45, 2.75) is 31.8 Å². The Kier molecular flexibility index (Phi) is 4.79. The molecule has 0 radical (unpaired) electrons. The Balaban J connectivity index is 0.00000264. The number of ether oxygens (including phenoxy) is 1. The first-order chi connectivity index (χ1) is 10.5. The monoisotopic (exact) mass is 305 g/mol. The van der Waals surface area contributed by atoms with E-state index in [2.05, 4.69) is 10.7 Å². The van der Waals surface area contributed by atoms with Crippen molar-refractivity contribution >= 4 is 18.0 Å². The van der Waals surface area contributed by atoms with E-state index in [1.165, 1.54) is 11.8 Å². The van der Waals surface area contributed by atoms with E-state index >= 15 is 0 Å². The second-order valence-electron chi connectivity index (χ2n) is 4.88. The van der Waals surface area contributed by atoms with Gasteiger partial charge in [0.15, 0.2) is 0 Å². The van der Waals surface area contributed by atoms with Crippen molar-refractivity contribution in [1.82, 2.24) is 4.90 Å². The molecule has 1 saturated heterocycles. The molecule has 1 fully saturated rings. The van der Waals surface area contributed by atoms with Crippen LogP contribution in [0, 0.1) is 11.8 Å². The molecule has 1 aromatic carbocycles. The van der Waals surface area contributed by atoms with Gasteiger partial charge in [-0.25, -0.2) is 14.4 Å². The van der Waals surface area contributed by atoms with Gasteiger partial charge in [-0.1, -0.05) is 36.3 Å². The van der Waals surface area contributed by atoms with E-state index in [1.807, 2.05) is 36.3 Å². The standard InChI is InChI=1S/C16H15NO5.2H2/c1-11-15(20)22-16(21)17(11)13(9-10-14(18)19)8-7-12-5-3-2-4-6-12;;/h2-6,11,13H,7-8H2,1H3,(H,18,19);2*1H/t11-,13-;;/m1../s1. The predicted octanol–water partition coefficient (Wildman–Crippen LogP) is 1.94. The van der Waals surface area contributed by atoms with Gasteiger partial charge >= 0.3 is 18.0 Å². The molecule has 1 heterocycles. The maximum atomic E-state index is 11.8. The van der Waals surface area contributed by atoms with Gasteiger partial charge in [0.05, 0.1) is 6.04 Å². The molecule has 0 bridgehead atoms. The highest BCUT2D eigenvalue weighted by atomic mass is 16.6. The summed E-state index contributed by atoms with van der Waals surface area (Å²) in [6.45, 7) is 1.53. The topological polar surface area (TPSA) is 83.9 Å². The zero-order chi connectivity index (χ0) is 16.1. The van der Waals surface area contributed by atoms with Crippen LogP contribution in [0.1, 0.15) is 21.8 Å². The van der Waals surface area contributed by atoms with Crippen molar-refractivity contribution in [2.24, 2.45) is 0 Å². The number of benzene rings is 1. The van der Waals surface area contributed by atoms with E-state index in [1.54, 1.807) is 0 Å². The average Bonchev–Trinajstić information content (AvgIpc) is 2.74. The highest BCUT2D eigenvalue weighted by molar-refractivity contribution is 5.95. The number of amides is 1. The van der Waals surface area contributed by atoms with Gasteiger partial charge in [-0.2, -0.15) is 0 Å². The van der Waals surface area contributed by atoms with Crippen LogP contribution in [0.2, 0.25) is 0 Å². The molecule has 2 rings (SSSR count). The van der Waals surface area contributed by atoms with Gasteiger partial charge < -0.3 is 9.84 Å². The Morgan fingerprint density at radius 2 is 2.09 bits per heavy atom. The van der Waals surface area contributed by atoms with Crippen molar-refractivity contribution in [1.29, 1.82) is 0 Å². The summed E-state index contributed by atoms with van der Waals surface area (Å²) in [6, 6.07) is 8.08. The third-order valence-electron chi connectivity index (χ3n) is 3.39. The second-order valence-corrected chi connectivity index (χ2v) is 4.88. The Morgan fingerprint density at radius 1 is 1.41 bits per heavy atom. The van der Waals surface area contributed by atoms with Crippen LogP contribution in [-0.2, 0) is 20.7 Å². The zero-order valence-corrected chi connectivity index (χ0v) is 12.0. The molecule has 1 aliphatic heterocycles. The van der Waals surface area contributed by atoms with Crippen molar-refractivity contribution in [3.8, 4) is 11.8 Å². The zero-order valence-electron chi connectivity index (χ0n) is 12.0. The normalized spacial score (nSPS) is 18.4. The average molecular weight is 305 g/mol. The fourth-order valence-electron chi connectivity index (χ4n) is 2.27. The summed E-state index contributed by atoms with van der Waals surface area (Å²) in [7, 11) is 0. The van der Waals surface area contributed by atoms with Crippen molar-refractivity contribution in [3.05, 3.63) is 35.9 Å². The number of carboxylic acids is 1. The number of hydrogen-bond acceptors (Lipinski definition) is 4. The second kappa shape index (κ2) is 6.76. The third-order valence-corrected chi connectivity index (χ3v) is 3.39. The summed E-state index contributed by atoms with van der Waals surface area (Å²) < 4.78 is 4.56. The van der Waals surface area contributed by atoms with Crippen LogP contribution < -0.4 is 0 Å². The molecule has 6 nitrogen and oxygen atoms in total. The van der Waals surface area contributed by atoms with Gasteiger partial charge in [0.25, 0.3) is 0 Å². The molecule has 118 valence electrons. The summed E-state index contributed by atoms with van der Waals surface area (Å²) in [5, 5.41) is 8.70. The highest BCUT2D eigenvalue weighted by Gasteiger charge is 2.41. The first-order valence-corrected chi connectivity index (χ1v) is 6.81. The summed E-state index contributed by atoms with van der Waals surface area (Å²) in [5.41, 5.74) is 1.04. The smallest absolute Gasteiger partial charge is 0.419 e. The largest absolute Gasteiger partial charge is 0.472 e. The van der Waals surface area contributed by atoms with E-state index < -0.39 is 30.1 Å². The molecule has 22 heavy (non-hydrogen) atoms. The van der Waals surface area contributed by atoms with Crippen molar-refractivity contribution in [2.75, 3.05) is 0 Å². The van der Waals surface area contributed by atoms with E-state index in [0.717, 1.165) is 5.56 Å². The van der Waals surface area contributed by atoms with Crippen LogP contribution >= 0.6 is 0 Å². The molecular weight excluding hydrogens is 286 g/mol. The minimum atomic E-state index is -1.28. The van der Waals surface area contributed by atoms with E-state index in [9.17, 15) is 14.4 Å². The van der Waals surface area contributed by atoms with Crippen LogP contribution in [0.4, 0.5) is 4.79 Å². The van der Waals surface area contributed by atoms with Gasteiger partial charge in [0.1, 0.15) is 6.04 Å². The van der Waals surface area contributed by atoms with Gasteiger partial charge in [-0.3, -0.25) is 4.90 Å². The molecule has 2 atom stereocenters. The Hall–Kier alpha value is -2.81. The van der Waals surface area contributed by atoms with Crippen LogP contribution in [-0.4, -0.2) is 40.1 Å². The lowest BCUT2D eigenvalue weighted by molar-refractivity contribution is -0.135. The molecule has 0 unspecified atom stereocenters. The minimum absolute atomic E-state index is 0. The third kappa shape index (κ3) is 3.64. The van der Waals surface area contributed by atoms with Crippen LogP contribution in [0.25, 0.3) is 0 Å². The van der Waals surface area contributed by atoms with E-state index in [0.29, 0.717) is 12.8 Å². The maximum absolute atomic E-state index is 11.8. The fraction of sp³-hybridized carbons (Fsp3) is 0.312. The molecule has 0 spiro atoms. The van der Waals surface area contributed by atoms with Crippen LogP contribution in [0.5, 0.6) is 0 Å². The number of hydrogen-bond donors (Lipinski definition) is 1. The first kappa shape index (κ1) is 15.6. The summed E-state index contributed by atoms with van der Waals surface area (Å²) in [6.07, 6.45) is 0.233. The number of nitrogens with zero attached hydrogens (tertiary/aromatic N) is 1. The van der Waals surface area contributed by atoms with Gasteiger partial charge in [-0.15, -0.1) is 0 Å². The highest BCUT2D eigenvalue weighted by Crippen LogP contribution is 2.20. The first-order valence-electron chi connectivity index (χ1n) is 6.81. The molecular formula is C16H19NO5. The molecule has 1 aromatic rings. The Labute approximate surface area is 130 Å². The summed E-state index contributed by atoms with van der Waals surface area (Å²) in [5.74, 6) is 2.63. The number of esters is 1. The number of carbonyl (C=O) groups is 3. The number of aliphatic carboxylic acids is 1. The SMILES string of the molecule is C[C@@H]1C(=O)OC(=O)N1[C@@H](C#CC(=O)O)CCc1ccccc1.[HH].[HH]. The molecule has 1 aliphatic rings. The number of aryl methyl sites for hydroxylation is 1. The summed E-state index contributed by atoms with van der Waals surface area (Å²) in [4.78, 5) is 35.1. The van der Waals surface area contributed by atoms with E-state index in [4.69, 9.17) is 5.11 Å². The molecule has 0 saturated carbocycles. The molecule has 1 amide bonds. The summed E-state index contributed by atoms with van der Waals surface area (Å²) >= 11 is 0. The predicted molar refractivity (Wildman–Crippen MR) is 81.0 cm³/mol. The minimum Gasteiger partial charge on any atom is -0.472 e. The lowest BCUT2D eigenvalue weighted by atomic mass is 10.0. The molecule has 1 N–H and O–H groups in total. The van der Waals surface area contributed by atoms with E-state index in [-0.39, 0.29) is 2.85 Å². The Morgan fingerprint density at radius 3 is 2.64 bits per heavy atom. The molecule has 6 heteroatoms. The lowest BCUT2D eigenvalue weighted by Crippen LogP contribution is -2.41. The number of carboxylic acid groups (broad SMARTS) is 1. The fourth-order valence-corrected chi connectivity index (χ4v) is 2.27. The number of rotatable bonds is 4. The van der Waals surface area contributed by atoms with Gasteiger partial charge in [0, 0.05) is 8.77 Å². The molecule has 0 aromatic heterocycles. The Bertz CT molecular complexity index is 653. The van der Waals surface area contributed by atoms with Crippen LogP contribution in [0.15, 0.2) is 30.3 Å².